The third kappa shape index (κ3) is 3.16. The highest BCUT2D eigenvalue weighted by Crippen LogP contribution is 2.28. The van der Waals surface area contributed by atoms with Gasteiger partial charge in [-0.05, 0) is 55.2 Å². The van der Waals surface area contributed by atoms with Gasteiger partial charge in [0, 0.05) is 5.02 Å². The molecule has 3 N–H and O–H groups in total. The zero-order valence-corrected chi connectivity index (χ0v) is 12.3. The van der Waals surface area contributed by atoms with E-state index in [4.69, 9.17) is 17.4 Å². The summed E-state index contributed by atoms with van der Waals surface area (Å²) in [6.07, 6.45) is 0. The molecule has 1 unspecified atom stereocenters. The Hall–Kier alpha value is -1.35. The van der Waals surface area contributed by atoms with Crippen molar-refractivity contribution in [2.45, 2.75) is 26.8 Å². The van der Waals surface area contributed by atoms with Gasteiger partial charge in [-0.1, -0.05) is 41.4 Å². The van der Waals surface area contributed by atoms with Gasteiger partial charge in [0.2, 0.25) is 0 Å². The Kier molecular flexibility index (Phi) is 4.25. The average molecular weight is 275 g/mol. The molecule has 0 radical (unpaired) electrons. The first kappa shape index (κ1) is 14.1. The van der Waals surface area contributed by atoms with E-state index >= 15 is 0 Å². The molecule has 0 aliphatic heterocycles. The summed E-state index contributed by atoms with van der Waals surface area (Å²) >= 11 is 6.14. The number of nitrogens with one attached hydrogen (secondary N) is 1. The van der Waals surface area contributed by atoms with Gasteiger partial charge < -0.3 is 0 Å². The molecular weight excluding hydrogens is 256 g/mol. The van der Waals surface area contributed by atoms with Crippen LogP contribution in [0.25, 0.3) is 0 Å². The quantitative estimate of drug-likeness (QED) is 0.660. The highest BCUT2D eigenvalue weighted by atomic mass is 35.5. The van der Waals surface area contributed by atoms with E-state index in [2.05, 4.69) is 43.5 Å². The van der Waals surface area contributed by atoms with E-state index in [1.165, 1.54) is 16.7 Å². The van der Waals surface area contributed by atoms with Gasteiger partial charge in [-0.2, -0.15) is 0 Å². The second-order valence-corrected chi connectivity index (χ2v) is 5.46. The number of nitrogens with two attached hydrogens (primary N) is 1. The molecule has 19 heavy (non-hydrogen) atoms. The van der Waals surface area contributed by atoms with Crippen LogP contribution in [-0.2, 0) is 0 Å². The second kappa shape index (κ2) is 5.74. The average Bonchev–Trinajstić information content (AvgIpc) is 2.33. The van der Waals surface area contributed by atoms with Crippen molar-refractivity contribution in [2.75, 3.05) is 0 Å². The van der Waals surface area contributed by atoms with Crippen LogP contribution in [0.3, 0.4) is 0 Å². The Balaban J connectivity index is 2.52. The molecule has 0 aliphatic rings. The van der Waals surface area contributed by atoms with E-state index in [0.717, 1.165) is 16.1 Å². The van der Waals surface area contributed by atoms with Gasteiger partial charge >= 0.3 is 0 Å². The van der Waals surface area contributed by atoms with Crippen LogP contribution in [0.15, 0.2) is 36.4 Å². The van der Waals surface area contributed by atoms with Crippen LogP contribution >= 0.6 is 11.6 Å². The van der Waals surface area contributed by atoms with Crippen molar-refractivity contribution in [1.29, 1.82) is 0 Å². The Morgan fingerprint density at radius 2 is 1.74 bits per heavy atom. The molecule has 0 aromatic heterocycles. The standard InChI is InChI=1S/C16H19ClN2/c1-10-4-5-12(3)15(8-10)16(19-18)13-6-11(2)7-14(17)9-13/h4-9,16,19H,18H2,1-3H3. The molecule has 2 aromatic carbocycles. The summed E-state index contributed by atoms with van der Waals surface area (Å²) in [5.74, 6) is 5.76. The van der Waals surface area contributed by atoms with Gasteiger partial charge in [0.25, 0.3) is 0 Å². The van der Waals surface area contributed by atoms with E-state index in [0.29, 0.717) is 0 Å². The molecule has 0 heterocycles. The van der Waals surface area contributed by atoms with Crippen LogP contribution in [0, 0.1) is 20.8 Å². The summed E-state index contributed by atoms with van der Waals surface area (Å²) < 4.78 is 0. The minimum Gasteiger partial charge on any atom is -0.271 e. The van der Waals surface area contributed by atoms with Crippen LogP contribution in [0.5, 0.6) is 0 Å². The monoisotopic (exact) mass is 274 g/mol. The summed E-state index contributed by atoms with van der Waals surface area (Å²) in [6.45, 7) is 6.21. The summed E-state index contributed by atoms with van der Waals surface area (Å²) in [5, 5.41) is 0.737. The molecular formula is C16H19ClN2. The van der Waals surface area contributed by atoms with Crippen molar-refractivity contribution in [2.24, 2.45) is 5.84 Å². The van der Waals surface area contributed by atoms with E-state index in [-0.39, 0.29) is 6.04 Å². The smallest absolute Gasteiger partial charge is 0.0713 e. The molecule has 100 valence electrons. The van der Waals surface area contributed by atoms with Crippen molar-refractivity contribution in [3.63, 3.8) is 0 Å². The molecule has 2 aromatic rings. The third-order valence-electron chi connectivity index (χ3n) is 3.31. The van der Waals surface area contributed by atoms with Gasteiger partial charge in [0.05, 0.1) is 6.04 Å². The number of aryl methyl sites for hydroxylation is 3. The van der Waals surface area contributed by atoms with Crippen molar-refractivity contribution in [3.8, 4) is 0 Å². The number of rotatable bonds is 3. The summed E-state index contributed by atoms with van der Waals surface area (Å²) in [4.78, 5) is 0. The van der Waals surface area contributed by atoms with Gasteiger partial charge in [-0.3, -0.25) is 5.84 Å². The lowest BCUT2D eigenvalue weighted by molar-refractivity contribution is 0.633. The van der Waals surface area contributed by atoms with Crippen molar-refractivity contribution >= 4 is 11.6 Å². The van der Waals surface area contributed by atoms with Crippen molar-refractivity contribution < 1.29 is 0 Å². The molecule has 0 amide bonds. The lowest BCUT2D eigenvalue weighted by Gasteiger charge is -2.20. The normalized spacial score (nSPS) is 12.5. The number of hydrogen-bond acceptors (Lipinski definition) is 2. The van der Waals surface area contributed by atoms with Crippen molar-refractivity contribution in [1.82, 2.24) is 5.43 Å². The molecule has 1 atom stereocenters. The molecule has 3 heteroatoms. The largest absolute Gasteiger partial charge is 0.271 e. The molecule has 0 saturated heterocycles. The molecule has 0 aliphatic carbocycles. The van der Waals surface area contributed by atoms with Crippen LogP contribution in [-0.4, -0.2) is 0 Å². The van der Waals surface area contributed by atoms with E-state index in [1.807, 2.05) is 19.1 Å². The molecule has 2 rings (SSSR count). The maximum Gasteiger partial charge on any atom is 0.0713 e. The molecule has 0 fully saturated rings. The van der Waals surface area contributed by atoms with E-state index < -0.39 is 0 Å². The minimum absolute atomic E-state index is 0.0442. The molecule has 0 saturated carbocycles. The van der Waals surface area contributed by atoms with Crippen molar-refractivity contribution in [3.05, 3.63) is 69.2 Å². The Bertz CT molecular complexity index is 573. The van der Waals surface area contributed by atoms with Gasteiger partial charge in [-0.15, -0.1) is 0 Å². The van der Waals surface area contributed by atoms with Crippen LogP contribution in [0.4, 0.5) is 0 Å². The number of benzene rings is 2. The minimum atomic E-state index is -0.0442. The highest BCUT2D eigenvalue weighted by Gasteiger charge is 2.15. The lowest BCUT2D eigenvalue weighted by Crippen LogP contribution is -2.29. The number of hydrazine groups is 1. The molecule has 2 nitrogen and oxygen atoms in total. The maximum atomic E-state index is 6.14. The first-order valence-corrected chi connectivity index (χ1v) is 6.69. The summed E-state index contributed by atoms with van der Waals surface area (Å²) in [7, 11) is 0. The first-order chi connectivity index (χ1) is 9.01. The van der Waals surface area contributed by atoms with E-state index in [1.54, 1.807) is 0 Å². The van der Waals surface area contributed by atoms with Crippen LogP contribution in [0.2, 0.25) is 5.02 Å². The topological polar surface area (TPSA) is 38.0 Å². The fraction of sp³-hybridized carbons (Fsp3) is 0.250. The fourth-order valence-electron chi connectivity index (χ4n) is 2.37. The fourth-order valence-corrected chi connectivity index (χ4v) is 2.67. The van der Waals surface area contributed by atoms with Gasteiger partial charge in [0.1, 0.15) is 0 Å². The molecule has 0 spiro atoms. The zero-order valence-electron chi connectivity index (χ0n) is 11.5. The third-order valence-corrected chi connectivity index (χ3v) is 3.53. The molecule has 0 bridgehead atoms. The van der Waals surface area contributed by atoms with Gasteiger partial charge in [0.15, 0.2) is 0 Å². The summed E-state index contributed by atoms with van der Waals surface area (Å²) in [5.41, 5.74) is 8.74. The second-order valence-electron chi connectivity index (χ2n) is 5.02. The predicted octanol–water partition coefficient (Wildman–Crippen LogP) is 3.82. The van der Waals surface area contributed by atoms with Crippen LogP contribution < -0.4 is 11.3 Å². The highest BCUT2D eigenvalue weighted by molar-refractivity contribution is 6.30. The first-order valence-electron chi connectivity index (χ1n) is 6.31. The predicted molar refractivity (Wildman–Crippen MR) is 81.3 cm³/mol. The SMILES string of the molecule is Cc1cc(Cl)cc(C(NN)c2cc(C)ccc2C)c1. The number of hydrogen-bond donors (Lipinski definition) is 2. The summed E-state index contributed by atoms with van der Waals surface area (Å²) in [6, 6.07) is 12.4. The van der Waals surface area contributed by atoms with E-state index in [9.17, 15) is 0 Å². The van der Waals surface area contributed by atoms with Gasteiger partial charge in [-0.25, -0.2) is 5.43 Å². The zero-order chi connectivity index (χ0) is 14.0. The maximum absolute atomic E-state index is 6.14. The lowest BCUT2D eigenvalue weighted by atomic mass is 9.93. The Labute approximate surface area is 119 Å². The Morgan fingerprint density at radius 1 is 1.00 bits per heavy atom. The Morgan fingerprint density at radius 3 is 2.37 bits per heavy atom. The number of halogens is 1. The van der Waals surface area contributed by atoms with Crippen LogP contribution in [0.1, 0.15) is 33.9 Å².